The van der Waals surface area contributed by atoms with Crippen molar-refractivity contribution in [3.05, 3.63) is 71.2 Å². The molecule has 1 nitrogen and oxygen atoms in total. The summed E-state index contributed by atoms with van der Waals surface area (Å²) in [6.07, 6.45) is 7.51. The van der Waals surface area contributed by atoms with Crippen LogP contribution in [0, 0.1) is 0 Å². The van der Waals surface area contributed by atoms with Crippen molar-refractivity contribution in [2.45, 2.75) is 6.92 Å². The van der Waals surface area contributed by atoms with Crippen LogP contribution in [-0.4, -0.2) is 0 Å². The fraction of sp³-hybridized carbons (Fsp3) is 0.0667. The molecule has 0 aromatic heterocycles. The van der Waals surface area contributed by atoms with Crippen molar-refractivity contribution in [3.8, 4) is 0 Å². The number of hydrogen-bond acceptors (Lipinski definition) is 1. The molecule has 1 heteroatoms. The van der Waals surface area contributed by atoms with Gasteiger partial charge in [-0.3, -0.25) is 0 Å². The van der Waals surface area contributed by atoms with E-state index in [1.165, 1.54) is 0 Å². The van der Waals surface area contributed by atoms with Crippen LogP contribution in [0.5, 0.6) is 0 Å². The molecule has 0 saturated heterocycles. The maximum atomic E-state index is 6.11. The van der Waals surface area contributed by atoms with Crippen molar-refractivity contribution in [3.63, 3.8) is 0 Å². The highest BCUT2D eigenvalue weighted by Gasteiger charge is 1.96. The van der Waals surface area contributed by atoms with E-state index in [4.69, 9.17) is 5.73 Å². The van der Waals surface area contributed by atoms with Crippen LogP contribution in [0.25, 0.3) is 12.3 Å². The minimum absolute atomic E-state index is 0.742. The fourth-order valence-electron chi connectivity index (χ4n) is 1.45. The molecule has 0 bridgehead atoms. The van der Waals surface area contributed by atoms with Gasteiger partial charge in [-0.1, -0.05) is 61.7 Å². The molecule has 0 aliphatic carbocycles. The van der Waals surface area contributed by atoms with Crippen LogP contribution in [0.1, 0.15) is 6.92 Å². The second kappa shape index (κ2) is 5.76. The summed E-state index contributed by atoms with van der Waals surface area (Å²) in [6.45, 7) is 9.57. The van der Waals surface area contributed by atoms with E-state index in [0.29, 0.717) is 0 Å². The normalized spacial score (nSPS) is 13.9. The Labute approximate surface area is 96.6 Å². The lowest BCUT2D eigenvalue weighted by Gasteiger charge is -2.02. The van der Waals surface area contributed by atoms with Gasteiger partial charge in [-0.25, -0.2) is 0 Å². The van der Waals surface area contributed by atoms with Crippen molar-refractivity contribution in [2.75, 3.05) is 0 Å². The molecule has 0 aliphatic heterocycles. The lowest BCUT2D eigenvalue weighted by atomic mass is 10.1. The zero-order valence-electron chi connectivity index (χ0n) is 9.61. The van der Waals surface area contributed by atoms with Gasteiger partial charge in [-0.2, -0.15) is 0 Å². The number of hydrogen-bond donors (Lipinski definition) is 1. The first-order valence-corrected chi connectivity index (χ1v) is 5.20. The quantitative estimate of drug-likeness (QED) is 0.759. The standard InChI is InChI=1S/C15H17N/c1-4-6-10-13(5-2)15(16)14-11-8-7-9-12(14)3/h4-11H,1,3,16H2,2H3/b10-6-,13-5+,15-14-. The Balaban J connectivity index is 3.39. The summed E-state index contributed by atoms with van der Waals surface area (Å²) in [7, 11) is 0. The third-order valence-corrected chi connectivity index (χ3v) is 2.34. The molecule has 0 unspecified atom stereocenters. The van der Waals surface area contributed by atoms with E-state index in [0.717, 1.165) is 21.7 Å². The van der Waals surface area contributed by atoms with Gasteiger partial charge in [0, 0.05) is 10.9 Å². The zero-order valence-corrected chi connectivity index (χ0v) is 9.61. The topological polar surface area (TPSA) is 26.0 Å². The van der Waals surface area contributed by atoms with Gasteiger partial charge < -0.3 is 5.73 Å². The molecular formula is C15H17N. The number of benzene rings is 1. The summed E-state index contributed by atoms with van der Waals surface area (Å²) in [4.78, 5) is 0. The van der Waals surface area contributed by atoms with Crippen LogP contribution >= 0.6 is 0 Å². The lowest BCUT2D eigenvalue weighted by Crippen LogP contribution is -2.28. The molecule has 1 aromatic rings. The van der Waals surface area contributed by atoms with Gasteiger partial charge in [-0.15, -0.1) is 0 Å². The van der Waals surface area contributed by atoms with E-state index in [9.17, 15) is 0 Å². The second-order valence-electron chi connectivity index (χ2n) is 3.41. The van der Waals surface area contributed by atoms with Crippen molar-refractivity contribution in [1.29, 1.82) is 0 Å². The molecule has 0 radical (unpaired) electrons. The molecule has 1 rings (SSSR count). The summed E-state index contributed by atoms with van der Waals surface area (Å²) in [5.74, 6) is 0. The van der Waals surface area contributed by atoms with E-state index in [1.807, 2.05) is 49.4 Å². The van der Waals surface area contributed by atoms with Crippen LogP contribution in [0.15, 0.2) is 60.7 Å². The van der Waals surface area contributed by atoms with E-state index < -0.39 is 0 Å². The Morgan fingerprint density at radius 1 is 1.31 bits per heavy atom. The molecule has 0 atom stereocenters. The van der Waals surface area contributed by atoms with Crippen LogP contribution in [0.3, 0.4) is 0 Å². The van der Waals surface area contributed by atoms with Gasteiger partial charge in [0.1, 0.15) is 0 Å². The molecule has 0 aliphatic rings. The van der Waals surface area contributed by atoms with Crippen LogP contribution < -0.4 is 16.2 Å². The Morgan fingerprint density at radius 2 is 2.00 bits per heavy atom. The van der Waals surface area contributed by atoms with Gasteiger partial charge in [-0.05, 0) is 17.7 Å². The summed E-state index contributed by atoms with van der Waals surface area (Å²) < 4.78 is 0. The molecule has 0 amide bonds. The Bertz CT molecular complexity index is 533. The molecule has 82 valence electrons. The van der Waals surface area contributed by atoms with Crippen molar-refractivity contribution >= 4 is 12.3 Å². The minimum Gasteiger partial charge on any atom is -0.398 e. The molecule has 16 heavy (non-hydrogen) atoms. The first kappa shape index (κ1) is 12.1. The highest BCUT2D eigenvalue weighted by atomic mass is 14.6. The van der Waals surface area contributed by atoms with Gasteiger partial charge in [0.15, 0.2) is 0 Å². The summed E-state index contributed by atoms with van der Waals surface area (Å²) in [6, 6.07) is 7.84. The molecule has 0 heterocycles. The molecule has 1 aromatic carbocycles. The molecular weight excluding hydrogens is 194 g/mol. The Hall–Kier alpha value is -2.02. The Morgan fingerprint density at radius 3 is 2.56 bits per heavy atom. The first-order valence-electron chi connectivity index (χ1n) is 5.20. The van der Waals surface area contributed by atoms with Gasteiger partial charge in [0.25, 0.3) is 0 Å². The molecule has 0 spiro atoms. The summed E-state index contributed by atoms with van der Waals surface area (Å²) in [5, 5.41) is 1.91. The monoisotopic (exact) mass is 211 g/mol. The Kier molecular flexibility index (Phi) is 4.34. The highest BCUT2D eigenvalue weighted by molar-refractivity contribution is 5.65. The van der Waals surface area contributed by atoms with Gasteiger partial charge in [0.05, 0.1) is 0 Å². The fourth-order valence-corrected chi connectivity index (χ4v) is 1.45. The van der Waals surface area contributed by atoms with Crippen LogP contribution in [-0.2, 0) is 0 Å². The van der Waals surface area contributed by atoms with Crippen molar-refractivity contribution in [2.24, 2.45) is 5.73 Å². The number of nitrogens with two attached hydrogens (primary N) is 1. The largest absolute Gasteiger partial charge is 0.398 e. The molecule has 0 saturated carbocycles. The second-order valence-corrected chi connectivity index (χ2v) is 3.41. The number of rotatable bonds is 3. The smallest absolute Gasteiger partial charge is 0.0463 e. The van der Waals surface area contributed by atoms with E-state index >= 15 is 0 Å². The SMILES string of the molecule is C=C\C=C/C(=C\C)C(/N)=c1\ccccc1=C. The summed E-state index contributed by atoms with van der Waals surface area (Å²) in [5.41, 5.74) is 7.84. The first-order chi connectivity index (χ1) is 7.70. The molecule has 2 N–H and O–H groups in total. The maximum Gasteiger partial charge on any atom is 0.0463 e. The average Bonchev–Trinajstić information content (AvgIpc) is 2.30. The van der Waals surface area contributed by atoms with E-state index in [-0.39, 0.29) is 0 Å². The third kappa shape index (κ3) is 2.74. The lowest BCUT2D eigenvalue weighted by molar-refractivity contribution is 1.41. The summed E-state index contributed by atoms with van der Waals surface area (Å²) >= 11 is 0. The third-order valence-electron chi connectivity index (χ3n) is 2.34. The minimum atomic E-state index is 0.742. The predicted octanol–water partition coefficient (Wildman–Crippen LogP) is 1.85. The maximum absolute atomic E-state index is 6.11. The zero-order chi connectivity index (χ0) is 12.0. The van der Waals surface area contributed by atoms with Crippen molar-refractivity contribution in [1.82, 2.24) is 0 Å². The number of allylic oxidation sites excluding steroid dienone is 3. The van der Waals surface area contributed by atoms with Crippen molar-refractivity contribution < 1.29 is 0 Å². The average molecular weight is 211 g/mol. The predicted molar refractivity (Wildman–Crippen MR) is 71.9 cm³/mol. The van der Waals surface area contributed by atoms with E-state index in [1.54, 1.807) is 6.08 Å². The van der Waals surface area contributed by atoms with Gasteiger partial charge >= 0.3 is 0 Å². The molecule has 0 fully saturated rings. The van der Waals surface area contributed by atoms with E-state index in [2.05, 4.69) is 13.2 Å². The highest BCUT2D eigenvalue weighted by Crippen LogP contribution is 2.04. The van der Waals surface area contributed by atoms with Crippen LogP contribution in [0.2, 0.25) is 0 Å². The van der Waals surface area contributed by atoms with Crippen LogP contribution in [0.4, 0.5) is 0 Å². The van der Waals surface area contributed by atoms with Gasteiger partial charge in [0.2, 0.25) is 0 Å².